The zero-order chi connectivity index (χ0) is 20.4. The first-order valence-corrected chi connectivity index (χ1v) is 8.72. The van der Waals surface area contributed by atoms with Gasteiger partial charge in [-0.2, -0.15) is 5.06 Å². The number of carbonyl (C=O) groups is 5. The molecule has 0 saturated carbocycles. The van der Waals surface area contributed by atoms with E-state index in [9.17, 15) is 24.0 Å². The van der Waals surface area contributed by atoms with E-state index in [1.54, 1.807) is 7.05 Å². The number of hydrogen-bond acceptors (Lipinski definition) is 7. The van der Waals surface area contributed by atoms with Crippen LogP contribution in [0.1, 0.15) is 40.0 Å². The molecule has 2 N–H and O–H groups in total. The average molecular weight is 388 g/mol. The van der Waals surface area contributed by atoms with Crippen LogP contribution in [0, 0.1) is 0 Å². The fraction of sp³-hybridized carbons (Fsp3) is 0.389. The minimum Gasteiger partial charge on any atom is -0.326 e. The molecule has 1 atom stereocenters. The van der Waals surface area contributed by atoms with Crippen LogP contribution in [-0.2, 0) is 19.2 Å². The van der Waals surface area contributed by atoms with Crippen molar-refractivity contribution in [3.8, 4) is 0 Å². The van der Waals surface area contributed by atoms with E-state index in [1.807, 2.05) is 0 Å². The molecule has 1 aromatic carbocycles. The number of hydroxylamine groups is 2. The summed E-state index contributed by atoms with van der Waals surface area (Å²) in [7, 11) is 3.19. The van der Waals surface area contributed by atoms with Gasteiger partial charge >= 0.3 is 0 Å². The smallest absolute Gasteiger partial charge is 0.262 e. The number of piperidine rings is 1. The standard InChI is InChI=1S/C18H20N4O6/c1-21(28-2)8-7-15(24)19-10-3-4-11-12(9-10)18(27)22(17(11)26)13-5-6-14(23)20-16(13)25/h3-4,9,13H,5-8H2,1-2H3,(H,19,24)(H,20,23,25). The first-order valence-electron chi connectivity index (χ1n) is 8.72. The summed E-state index contributed by atoms with van der Waals surface area (Å²) in [6.07, 6.45) is 0.324. The molecule has 0 aromatic heterocycles. The van der Waals surface area contributed by atoms with Gasteiger partial charge in [-0.1, -0.05) is 0 Å². The summed E-state index contributed by atoms with van der Waals surface area (Å²) < 4.78 is 0. The molecule has 1 aromatic rings. The third-order valence-corrected chi connectivity index (χ3v) is 4.69. The lowest BCUT2D eigenvalue weighted by Crippen LogP contribution is -2.54. The first kappa shape index (κ1) is 19.6. The molecule has 28 heavy (non-hydrogen) atoms. The fourth-order valence-corrected chi connectivity index (χ4v) is 3.12. The van der Waals surface area contributed by atoms with E-state index in [1.165, 1.54) is 30.4 Å². The van der Waals surface area contributed by atoms with E-state index in [0.717, 1.165) is 4.90 Å². The van der Waals surface area contributed by atoms with Crippen LogP contribution in [-0.4, -0.2) is 66.2 Å². The third kappa shape index (κ3) is 3.78. The van der Waals surface area contributed by atoms with E-state index in [2.05, 4.69) is 10.6 Å². The molecule has 0 spiro atoms. The highest BCUT2D eigenvalue weighted by atomic mass is 16.7. The highest BCUT2D eigenvalue weighted by Crippen LogP contribution is 2.29. The molecular weight excluding hydrogens is 368 g/mol. The summed E-state index contributed by atoms with van der Waals surface area (Å²) >= 11 is 0. The number of imide groups is 2. The van der Waals surface area contributed by atoms with Crippen LogP contribution in [0.3, 0.4) is 0 Å². The summed E-state index contributed by atoms with van der Waals surface area (Å²) in [4.78, 5) is 66.5. The van der Waals surface area contributed by atoms with Crippen LogP contribution in [0.2, 0.25) is 0 Å². The quantitative estimate of drug-likeness (QED) is 0.515. The molecule has 1 unspecified atom stereocenters. The Hall–Kier alpha value is -3.11. The fourth-order valence-electron chi connectivity index (χ4n) is 3.12. The van der Waals surface area contributed by atoms with Gasteiger partial charge in [-0.25, -0.2) is 0 Å². The van der Waals surface area contributed by atoms with Crippen LogP contribution in [0.15, 0.2) is 18.2 Å². The number of fused-ring (bicyclic) bond motifs is 1. The Balaban J connectivity index is 1.74. The Bertz CT molecular complexity index is 868. The second-order valence-electron chi connectivity index (χ2n) is 6.54. The van der Waals surface area contributed by atoms with Gasteiger partial charge in [0, 0.05) is 32.1 Å². The zero-order valence-corrected chi connectivity index (χ0v) is 15.5. The molecule has 1 fully saturated rings. The van der Waals surface area contributed by atoms with Gasteiger partial charge in [-0.3, -0.25) is 34.2 Å². The maximum Gasteiger partial charge on any atom is 0.262 e. The summed E-state index contributed by atoms with van der Waals surface area (Å²) in [5.41, 5.74) is 0.642. The number of hydrogen-bond donors (Lipinski definition) is 2. The van der Waals surface area contributed by atoms with Gasteiger partial charge in [0.15, 0.2) is 0 Å². The maximum absolute atomic E-state index is 12.7. The Morgan fingerprint density at radius 1 is 1.25 bits per heavy atom. The van der Waals surface area contributed by atoms with Crippen molar-refractivity contribution < 1.29 is 28.8 Å². The van der Waals surface area contributed by atoms with Crippen LogP contribution in [0.5, 0.6) is 0 Å². The maximum atomic E-state index is 12.7. The third-order valence-electron chi connectivity index (χ3n) is 4.69. The summed E-state index contributed by atoms with van der Waals surface area (Å²) in [5.74, 6) is -2.58. The SMILES string of the molecule is CON(C)CCC(=O)Nc1ccc2c(c1)C(=O)N(C1CCC(=O)NC1=O)C2=O. The topological polar surface area (TPSA) is 125 Å². The number of amides is 5. The molecule has 2 aliphatic heterocycles. The lowest BCUT2D eigenvalue weighted by Gasteiger charge is -2.27. The number of nitrogens with zero attached hydrogens (tertiary/aromatic N) is 2. The second-order valence-corrected chi connectivity index (χ2v) is 6.54. The van der Waals surface area contributed by atoms with Gasteiger partial charge in [0.05, 0.1) is 18.2 Å². The molecular formula is C18H20N4O6. The van der Waals surface area contributed by atoms with Crippen molar-refractivity contribution in [3.63, 3.8) is 0 Å². The largest absolute Gasteiger partial charge is 0.326 e. The number of anilines is 1. The summed E-state index contributed by atoms with van der Waals surface area (Å²) in [6, 6.07) is 3.36. The molecule has 10 nitrogen and oxygen atoms in total. The normalized spacial score (nSPS) is 19.1. The highest BCUT2D eigenvalue weighted by molar-refractivity contribution is 6.23. The molecule has 0 bridgehead atoms. The Kier molecular flexibility index (Phi) is 5.52. The van der Waals surface area contributed by atoms with Crippen LogP contribution in [0.4, 0.5) is 5.69 Å². The predicted octanol–water partition coefficient (Wildman–Crippen LogP) is -0.0904. The summed E-state index contributed by atoms with van der Waals surface area (Å²) in [6.45, 7) is 0.383. The minimum atomic E-state index is -1.02. The Morgan fingerprint density at radius 2 is 1.96 bits per heavy atom. The second kappa shape index (κ2) is 7.87. The van der Waals surface area contributed by atoms with Gasteiger partial charge in [-0.15, -0.1) is 0 Å². The number of nitrogens with one attached hydrogen (secondary N) is 2. The molecule has 0 radical (unpaired) electrons. The lowest BCUT2D eigenvalue weighted by atomic mass is 10.0. The molecule has 0 aliphatic carbocycles. The van der Waals surface area contributed by atoms with E-state index in [-0.39, 0.29) is 36.3 Å². The molecule has 10 heteroatoms. The van der Waals surface area contributed by atoms with E-state index in [4.69, 9.17) is 4.84 Å². The molecule has 3 rings (SSSR count). The van der Waals surface area contributed by atoms with Gasteiger partial charge in [0.25, 0.3) is 11.8 Å². The van der Waals surface area contributed by atoms with Crippen molar-refractivity contribution >= 4 is 35.2 Å². The monoisotopic (exact) mass is 388 g/mol. The van der Waals surface area contributed by atoms with E-state index >= 15 is 0 Å². The van der Waals surface area contributed by atoms with Crippen molar-refractivity contribution in [1.29, 1.82) is 0 Å². The van der Waals surface area contributed by atoms with Crippen LogP contribution in [0.25, 0.3) is 0 Å². The van der Waals surface area contributed by atoms with Crippen LogP contribution < -0.4 is 10.6 Å². The average Bonchev–Trinajstić information content (AvgIpc) is 2.90. The van der Waals surface area contributed by atoms with Crippen molar-refractivity contribution in [2.45, 2.75) is 25.3 Å². The van der Waals surface area contributed by atoms with Crippen molar-refractivity contribution in [2.24, 2.45) is 0 Å². The number of benzene rings is 1. The van der Waals surface area contributed by atoms with Crippen molar-refractivity contribution in [2.75, 3.05) is 26.0 Å². The molecule has 2 aliphatic rings. The minimum absolute atomic E-state index is 0.0566. The highest BCUT2D eigenvalue weighted by Gasteiger charge is 2.44. The van der Waals surface area contributed by atoms with Crippen molar-refractivity contribution in [3.05, 3.63) is 29.3 Å². The van der Waals surface area contributed by atoms with Gasteiger partial charge in [0.1, 0.15) is 6.04 Å². The van der Waals surface area contributed by atoms with Gasteiger partial charge in [-0.05, 0) is 24.6 Å². The Morgan fingerprint density at radius 3 is 2.64 bits per heavy atom. The van der Waals surface area contributed by atoms with E-state index in [0.29, 0.717) is 12.2 Å². The van der Waals surface area contributed by atoms with Crippen molar-refractivity contribution in [1.82, 2.24) is 15.3 Å². The first-order chi connectivity index (χ1) is 13.3. The molecule has 1 saturated heterocycles. The van der Waals surface area contributed by atoms with Gasteiger partial charge < -0.3 is 10.2 Å². The van der Waals surface area contributed by atoms with E-state index < -0.39 is 29.7 Å². The Labute approximate surface area is 160 Å². The molecule has 5 amide bonds. The number of rotatable bonds is 6. The lowest BCUT2D eigenvalue weighted by molar-refractivity contribution is -0.136. The zero-order valence-electron chi connectivity index (χ0n) is 15.5. The molecule has 148 valence electrons. The predicted molar refractivity (Wildman–Crippen MR) is 96.0 cm³/mol. The number of carbonyl (C=O) groups excluding carboxylic acids is 5. The molecule has 2 heterocycles. The summed E-state index contributed by atoms with van der Waals surface area (Å²) in [5, 5.41) is 6.31. The van der Waals surface area contributed by atoms with Gasteiger partial charge in [0.2, 0.25) is 17.7 Å². The van der Waals surface area contributed by atoms with Crippen LogP contribution >= 0.6 is 0 Å².